The molecule has 32 heteroatoms. The summed E-state index contributed by atoms with van der Waals surface area (Å²) in [6.07, 6.45) is 13.4. The lowest BCUT2D eigenvalue weighted by molar-refractivity contribution is 0.0594. The van der Waals surface area contributed by atoms with Crippen molar-refractivity contribution in [3.63, 3.8) is 0 Å². The zero-order chi connectivity index (χ0) is 79.6. The standard InChI is InChI=1S/C24H28ClN3O5.C17H20ClNO4.C16H18ClNO4.C15H16ClNO4.C8H12N2O2.ClH/c1-4-28(15-5-8-32-9-6-15)18-12-20-16(7-10-33-20)21(22(18)25)24(30)26-13-17-19(31-3)11-14(2)27-23(17)29;1-3-19(11-4-7-22-8-5-11)13-10-14-12(6-9-23-14)15(16(13)18)17(20)21-2;1-2-18(10-3-6-21-7-4-10)12-9-13-11(5-8-22-13)14(15(12)17)16(19)20;1-19-15(18)13-10-4-7-21-12(10)8-11(14(13)16)17-9-2-5-20-6-3-9;1-5-3-7(12-2)6(4-9)8(11)10-5;/h7,10-12,15H,4-6,8-9,13H2,1-3H3,(H,26,30)(H,27,29);6,9-11H,3-5,7-8H2,1-2H3;5,8-10H,2-4,6-7H2,1H3,(H,19,20);4,7-9,17H,2-3,5-6H2,1H3;3H,4,9H2,1-2H3,(H,10,11);1H. The number of aromatic amines is 2. The van der Waals surface area contributed by atoms with Crippen LogP contribution in [0.2, 0.25) is 20.1 Å². The minimum atomic E-state index is -1.04. The molecule has 0 atom stereocenters. The number of carbonyl (C=O) groups is 4. The fraction of sp³-hybridized carbons (Fsp3) is 0.425. The maximum atomic E-state index is 13.3. The van der Waals surface area contributed by atoms with Crippen LogP contribution in [0.1, 0.15) is 136 Å². The lowest BCUT2D eigenvalue weighted by Crippen LogP contribution is -2.39. The molecule has 0 bridgehead atoms. The number of rotatable bonds is 20. The number of aromatic nitrogens is 2. The van der Waals surface area contributed by atoms with Crippen LogP contribution in [-0.2, 0) is 41.5 Å². The average Bonchev–Trinajstić information content (AvgIpc) is 1.51. The van der Waals surface area contributed by atoms with Crippen LogP contribution in [0.3, 0.4) is 0 Å². The Morgan fingerprint density at radius 2 is 0.839 bits per heavy atom. The number of anilines is 4. The minimum Gasteiger partial charge on any atom is -0.496 e. The minimum absolute atomic E-state index is 0. The molecule has 10 aromatic rings. The van der Waals surface area contributed by atoms with E-state index in [-0.39, 0.29) is 59.3 Å². The highest BCUT2D eigenvalue weighted by atomic mass is 35.5. The highest BCUT2D eigenvalue weighted by Crippen LogP contribution is 2.43. The van der Waals surface area contributed by atoms with Gasteiger partial charge in [0.25, 0.3) is 17.0 Å². The monoisotopic (exact) mass is 1650 g/mol. The second kappa shape index (κ2) is 41.1. The van der Waals surface area contributed by atoms with Crippen LogP contribution >= 0.6 is 58.8 Å². The predicted octanol–water partition coefficient (Wildman–Crippen LogP) is 15.7. The van der Waals surface area contributed by atoms with Crippen LogP contribution in [0.4, 0.5) is 22.7 Å². The normalized spacial score (nSPS) is 14.7. The largest absolute Gasteiger partial charge is 0.496 e. The topological polar surface area (TPSA) is 340 Å². The number of nitrogens with two attached hydrogens (primary N) is 1. The number of carbonyl (C=O) groups excluding carboxylic acids is 3. The maximum absolute atomic E-state index is 13.3. The molecule has 4 aliphatic rings. The predicted molar refractivity (Wildman–Crippen MR) is 436 cm³/mol. The van der Waals surface area contributed by atoms with Crippen LogP contribution in [0.5, 0.6) is 11.5 Å². The van der Waals surface area contributed by atoms with Gasteiger partial charge in [0.05, 0.1) is 136 Å². The van der Waals surface area contributed by atoms with Crippen molar-refractivity contribution < 1.29 is 79.8 Å². The third kappa shape index (κ3) is 20.1. The summed E-state index contributed by atoms with van der Waals surface area (Å²) in [4.78, 5) is 84.8. The number of benzene rings is 4. The molecule has 6 aromatic heterocycles. The Kier molecular flexibility index (Phi) is 31.8. The van der Waals surface area contributed by atoms with Gasteiger partial charge in [0.15, 0.2) is 0 Å². The van der Waals surface area contributed by atoms with E-state index in [0.717, 1.165) is 120 Å². The molecule has 4 saturated heterocycles. The van der Waals surface area contributed by atoms with Gasteiger partial charge in [-0.1, -0.05) is 46.4 Å². The molecule has 14 rings (SSSR count). The third-order valence-electron chi connectivity index (χ3n) is 19.9. The highest BCUT2D eigenvalue weighted by molar-refractivity contribution is 6.40. The highest BCUT2D eigenvalue weighted by Gasteiger charge is 2.32. The number of halogens is 5. The number of nitrogens with one attached hydrogen (secondary N) is 4. The fourth-order valence-corrected chi connectivity index (χ4v) is 15.7. The molecule has 0 saturated carbocycles. The van der Waals surface area contributed by atoms with Crippen molar-refractivity contribution in [1.82, 2.24) is 15.3 Å². The molecule has 604 valence electrons. The van der Waals surface area contributed by atoms with Crippen molar-refractivity contribution >= 4 is 149 Å². The summed E-state index contributed by atoms with van der Waals surface area (Å²) in [6.45, 7) is 18.0. The van der Waals surface area contributed by atoms with Crippen molar-refractivity contribution in [3.8, 4) is 11.5 Å². The number of hydrogen-bond donors (Lipinski definition) is 6. The van der Waals surface area contributed by atoms with E-state index in [0.29, 0.717) is 148 Å². The molecular weight excluding hydrogens is 1550 g/mol. The first kappa shape index (κ1) is 86.8. The molecule has 4 aromatic carbocycles. The number of pyridine rings is 2. The van der Waals surface area contributed by atoms with E-state index in [4.69, 9.17) is 108 Å². The van der Waals surface area contributed by atoms with Crippen LogP contribution in [-0.4, -0.2) is 164 Å². The van der Waals surface area contributed by atoms with Gasteiger partial charge in [0, 0.05) is 160 Å². The Morgan fingerprint density at radius 3 is 1.21 bits per heavy atom. The van der Waals surface area contributed by atoms with E-state index in [9.17, 15) is 33.9 Å². The first-order valence-corrected chi connectivity index (χ1v) is 38.2. The summed E-state index contributed by atoms with van der Waals surface area (Å²) >= 11 is 26.3. The number of aromatic carboxylic acids is 1. The zero-order valence-electron chi connectivity index (χ0n) is 63.9. The van der Waals surface area contributed by atoms with Crippen molar-refractivity contribution in [1.29, 1.82) is 0 Å². The van der Waals surface area contributed by atoms with Gasteiger partial charge >= 0.3 is 17.9 Å². The molecule has 112 heavy (non-hydrogen) atoms. The molecule has 4 fully saturated rings. The van der Waals surface area contributed by atoms with Crippen molar-refractivity contribution in [2.75, 3.05) is 121 Å². The number of aryl methyl sites for hydroxylation is 2. The zero-order valence-corrected chi connectivity index (χ0v) is 67.7. The second-order valence-electron chi connectivity index (χ2n) is 26.4. The van der Waals surface area contributed by atoms with Crippen molar-refractivity contribution in [2.24, 2.45) is 5.73 Å². The fourth-order valence-electron chi connectivity index (χ4n) is 14.4. The van der Waals surface area contributed by atoms with Gasteiger partial charge in [0.1, 0.15) is 33.8 Å². The van der Waals surface area contributed by atoms with Crippen LogP contribution in [0.25, 0.3) is 43.9 Å². The second-order valence-corrected chi connectivity index (χ2v) is 28.0. The molecule has 0 aliphatic carbocycles. The molecule has 1 amide bonds. The number of H-pyrrole nitrogens is 2. The van der Waals surface area contributed by atoms with Gasteiger partial charge in [0.2, 0.25) is 0 Å². The number of carboxylic acids is 1. The van der Waals surface area contributed by atoms with Crippen LogP contribution < -0.4 is 51.7 Å². The van der Waals surface area contributed by atoms with Gasteiger partial charge in [-0.15, -0.1) is 12.4 Å². The number of methoxy groups -OCH3 is 4. The number of esters is 2. The van der Waals surface area contributed by atoms with Gasteiger partial charge in [-0.2, -0.15) is 0 Å². The molecule has 0 unspecified atom stereocenters. The van der Waals surface area contributed by atoms with E-state index in [1.54, 1.807) is 62.8 Å². The lowest BCUT2D eigenvalue weighted by Gasteiger charge is -2.36. The number of hydrogen-bond acceptors (Lipinski definition) is 23. The molecule has 0 radical (unpaired) electrons. The number of nitrogens with zero attached hydrogens (tertiary/aromatic N) is 3. The number of ether oxygens (including phenoxy) is 8. The molecule has 10 heterocycles. The average molecular weight is 1650 g/mol. The number of furan rings is 4. The van der Waals surface area contributed by atoms with Crippen molar-refractivity contribution in [2.45, 2.75) is 123 Å². The van der Waals surface area contributed by atoms with E-state index < -0.39 is 23.8 Å². The van der Waals surface area contributed by atoms with E-state index in [1.165, 1.54) is 41.0 Å². The third-order valence-corrected chi connectivity index (χ3v) is 21.4. The van der Waals surface area contributed by atoms with Gasteiger partial charge < -0.3 is 102 Å². The Hall–Kier alpha value is -9.13. The van der Waals surface area contributed by atoms with Gasteiger partial charge in [-0.05, 0) is 122 Å². The molecule has 7 N–H and O–H groups in total. The summed E-state index contributed by atoms with van der Waals surface area (Å²) in [5.74, 6) is -1.38. The van der Waals surface area contributed by atoms with Crippen LogP contribution in [0, 0.1) is 13.8 Å². The summed E-state index contributed by atoms with van der Waals surface area (Å²) in [6, 6.07) is 18.9. The van der Waals surface area contributed by atoms with Gasteiger partial charge in [-0.3, -0.25) is 14.4 Å². The van der Waals surface area contributed by atoms with E-state index >= 15 is 0 Å². The lowest BCUT2D eigenvalue weighted by atomic mass is 10.0. The Morgan fingerprint density at radius 1 is 0.500 bits per heavy atom. The summed E-state index contributed by atoms with van der Waals surface area (Å²) in [5.41, 5.74) is 13.6. The van der Waals surface area contributed by atoms with E-state index in [1.807, 2.05) is 31.2 Å². The maximum Gasteiger partial charge on any atom is 0.340 e. The Bertz CT molecular complexity index is 4990. The smallest absolute Gasteiger partial charge is 0.340 e. The quantitative estimate of drug-likeness (QED) is 0.0386. The molecular formula is C80H95Cl5N8O19. The Labute approximate surface area is 673 Å². The molecule has 27 nitrogen and oxygen atoms in total. The Balaban J connectivity index is 0.000000165. The summed E-state index contributed by atoms with van der Waals surface area (Å²) < 4.78 is 63.7. The number of carboxylic acid groups (broad SMARTS) is 1. The number of fused-ring (bicyclic) bond motifs is 4. The summed E-state index contributed by atoms with van der Waals surface area (Å²) in [5, 5.41) is 19.6. The van der Waals surface area contributed by atoms with Crippen molar-refractivity contribution in [3.05, 3.63) is 171 Å². The molecule has 0 spiro atoms. The molecule has 4 aliphatic heterocycles. The summed E-state index contributed by atoms with van der Waals surface area (Å²) in [7, 11) is 5.70. The van der Waals surface area contributed by atoms with Crippen LogP contribution in [0.15, 0.2) is 113 Å². The van der Waals surface area contributed by atoms with E-state index in [2.05, 4.69) is 49.1 Å². The SMILES string of the molecule is CCN(c1cc2occc2c(C(=O)NCc2c(OC)cc(C)[nH]c2=O)c1Cl)C1CCOCC1.CCN(c1cc2occc2c(C(=O)O)c1Cl)C1CCOCC1.CCN(c1cc2occc2c(C(=O)OC)c1Cl)C1CCOCC1.COC(=O)c1c(Cl)c(NC2CCOCC2)cc2occc12.COc1cc(C)[nH]c(=O)c1CN.Cl. The number of amides is 1. The van der Waals surface area contributed by atoms with Gasteiger partial charge in [-0.25, -0.2) is 14.4 Å². The first-order valence-electron chi connectivity index (χ1n) is 36.7. The first-order chi connectivity index (χ1) is 53.6.